The fourth-order valence-electron chi connectivity index (χ4n) is 1.55. The monoisotopic (exact) mass is 290 g/mol. The van der Waals surface area contributed by atoms with Crippen molar-refractivity contribution in [2.45, 2.75) is 6.61 Å². The molecule has 0 saturated carbocycles. The van der Waals surface area contributed by atoms with Gasteiger partial charge in [0.1, 0.15) is 6.61 Å². The first kappa shape index (κ1) is 14.0. The van der Waals surface area contributed by atoms with E-state index in [0.29, 0.717) is 10.6 Å². The van der Waals surface area contributed by atoms with Gasteiger partial charge in [0.2, 0.25) is 0 Å². The van der Waals surface area contributed by atoms with Crippen molar-refractivity contribution in [3.63, 3.8) is 0 Å². The lowest BCUT2D eigenvalue weighted by atomic mass is 10.2. The maximum absolute atomic E-state index is 10.6. The molecule has 20 heavy (non-hydrogen) atoms. The smallest absolute Gasteiger partial charge is 0.269 e. The van der Waals surface area contributed by atoms with Gasteiger partial charge in [0, 0.05) is 22.7 Å². The quantitative estimate of drug-likeness (QED) is 0.478. The van der Waals surface area contributed by atoms with Gasteiger partial charge in [0.25, 0.3) is 5.69 Å². The van der Waals surface area contributed by atoms with Gasteiger partial charge in [-0.3, -0.25) is 10.1 Å². The summed E-state index contributed by atoms with van der Waals surface area (Å²) < 4.78 is 0. The fraction of sp³-hybridized carbons (Fsp3) is 0.0714. The largest absolute Gasteiger partial charge is 0.391 e. The lowest BCUT2D eigenvalue weighted by molar-refractivity contribution is -0.384. The maximum Gasteiger partial charge on any atom is 0.269 e. The van der Waals surface area contributed by atoms with Gasteiger partial charge in [0.15, 0.2) is 0 Å². The Morgan fingerprint density at radius 3 is 2.80 bits per heavy atom. The molecule has 0 bridgehead atoms. The summed E-state index contributed by atoms with van der Waals surface area (Å²) in [6.45, 7) is 0.155. The van der Waals surface area contributed by atoms with Crippen molar-refractivity contribution in [2.24, 2.45) is 5.16 Å². The number of nitro benzene ring substituents is 1. The van der Waals surface area contributed by atoms with Gasteiger partial charge >= 0.3 is 0 Å². The van der Waals surface area contributed by atoms with Crippen molar-refractivity contribution in [1.29, 1.82) is 0 Å². The second-order valence-corrected chi connectivity index (χ2v) is 4.36. The summed E-state index contributed by atoms with van der Waals surface area (Å²) in [6.07, 6.45) is 1.50. The molecule has 0 aliphatic carbocycles. The Labute approximate surface area is 120 Å². The van der Waals surface area contributed by atoms with Gasteiger partial charge in [-0.1, -0.05) is 47.1 Å². The Balaban J connectivity index is 1.95. The second kappa shape index (κ2) is 6.68. The minimum absolute atomic E-state index is 0.0289. The summed E-state index contributed by atoms with van der Waals surface area (Å²) in [7, 11) is 0. The van der Waals surface area contributed by atoms with Crippen LogP contribution in [0.2, 0.25) is 5.02 Å². The molecule has 2 rings (SSSR count). The summed E-state index contributed by atoms with van der Waals surface area (Å²) >= 11 is 5.95. The van der Waals surface area contributed by atoms with Gasteiger partial charge in [-0.05, 0) is 11.6 Å². The molecule has 0 aliphatic rings. The predicted molar refractivity (Wildman–Crippen MR) is 76.9 cm³/mol. The third-order valence-electron chi connectivity index (χ3n) is 2.52. The molecule has 0 amide bonds. The fourth-order valence-corrected chi connectivity index (χ4v) is 1.73. The average molecular weight is 291 g/mol. The molecule has 0 atom stereocenters. The van der Waals surface area contributed by atoms with Crippen molar-refractivity contribution >= 4 is 23.5 Å². The van der Waals surface area contributed by atoms with Crippen LogP contribution in [0, 0.1) is 10.1 Å². The minimum Gasteiger partial charge on any atom is -0.391 e. The van der Waals surface area contributed by atoms with E-state index in [-0.39, 0.29) is 12.3 Å². The number of oxime groups is 1. The first-order valence-corrected chi connectivity index (χ1v) is 6.18. The number of benzene rings is 2. The zero-order valence-corrected chi connectivity index (χ0v) is 11.2. The summed E-state index contributed by atoms with van der Waals surface area (Å²) in [6, 6.07) is 13.4. The van der Waals surface area contributed by atoms with Gasteiger partial charge in [-0.15, -0.1) is 0 Å². The molecule has 0 aromatic heterocycles. The predicted octanol–water partition coefficient (Wildman–Crippen LogP) is 3.80. The molecule has 5 nitrogen and oxygen atoms in total. The summed E-state index contributed by atoms with van der Waals surface area (Å²) in [5.74, 6) is 0. The van der Waals surface area contributed by atoms with E-state index in [1.807, 2.05) is 18.2 Å². The van der Waals surface area contributed by atoms with Gasteiger partial charge in [-0.2, -0.15) is 0 Å². The molecule has 102 valence electrons. The van der Waals surface area contributed by atoms with Crippen molar-refractivity contribution in [2.75, 3.05) is 0 Å². The van der Waals surface area contributed by atoms with E-state index in [1.54, 1.807) is 18.2 Å². The van der Waals surface area contributed by atoms with Crippen LogP contribution in [0.5, 0.6) is 0 Å². The lowest BCUT2D eigenvalue weighted by Crippen LogP contribution is -1.92. The highest BCUT2D eigenvalue weighted by Crippen LogP contribution is 2.14. The summed E-state index contributed by atoms with van der Waals surface area (Å²) in [4.78, 5) is 15.3. The highest BCUT2D eigenvalue weighted by Gasteiger charge is 2.05. The molecule has 0 aliphatic heterocycles. The Bertz CT molecular complexity index is 644. The van der Waals surface area contributed by atoms with E-state index in [0.717, 1.165) is 5.56 Å². The molecule has 0 saturated heterocycles. The third-order valence-corrected chi connectivity index (χ3v) is 2.87. The molecule has 0 radical (unpaired) electrons. The standard InChI is InChI=1S/C14H11ClN2O3/c15-14-7-2-1-5-12(14)9-16-20-10-11-4-3-6-13(8-11)17(18)19/h1-9H,10H2/b16-9-. The summed E-state index contributed by atoms with van der Waals surface area (Å²) in [5, 5.41) is 15.0. The molecule has 0 fully saturated rings. The van der Waals surface area contributed by atoms with Crippen molar-refractivity contribution in [1.82, 2.24) is 0 Å². The first-order chi connectivity index (χ1) is 9.66. The molecule has 0 unspecified atom stereocenters. The zero-order chi connectivity index (χ0) is 14.4. The van der Waals surface area contributed by atoms with E-state index < -0.39 is 4.92 Å². The van der Waals surface area contributed by atoms with Crippen LogP contribution in [0.25, 0.3) is 0 Å². The van der Waals surface area contributed by atoms with Crippen molar-refractivity contribution in [3.8, 4) is 0 Å². The topological polar surface area (TPSA) is 64.7 Å². The van der Waals surface area contributed by atoms with Crippen LogP contribution >= 0.6 is 11.6 Å². The number of nitrogens with zero attached hydrogens (tertiary/aromatic N) is 2. The highest BCUT2D eigenvalue weighted by atomic mass is 35.5. The Morgan fingerprint density at radius 1 is 1.25 bits per heavy atom. The van der Waals surface area contributed by atoms with E-state index in [1.165, 1.54) is 18.3 Å². The minimum atomic E-state index is -0.448. The Hall–Kier alpha value is -2.40. The van der Waals surface area contributed by atoms with Crippen LogP contribution in [0.1, 0.15) is 11.1 Å². The third kappa shape index (κ3) is 3.80. The summed E-state index contributed by atoms with van der Waals surface area (Å²) in [5.41, 5.74) is 1.45. The first-order valence-electron chi connectivity index (χ1n) is 5.80. The normalized spacial score (nSPS) is 10.7. The highest BCUT2D eigenvalue weighted by molar-refractivity contribution is 6.33. The number of hydrogen-bond acceptors (Lipinski definition) is 4. The van der Waals surface area contributed by atoms with Crippen LogP contribution in [-0.2, 0) is 11.4 Å². The van der Waals surface area contributed by atoms with Crippen molar-refractivity contribution in [3.05, 3.63) is 74.8 Å². The van der Waals surface area contributed by atoms with E-state index >= 15 is 0 Å². The van der Waals surface area contributed by atoms with E-state index in [4.69, 9.17) is 16.4 Å². The molecular formula is C14H11ClN2O3. The number of halogens is 1. The molecule has 0 heterocycles. The number of hydrogen-bond donors (Lipinski definition) is 0. The number of nitro groups is 1. The van der Waals surface area contributed by atoms with Crippen LogP contribution in [0.4, 0.5) is 5.69 Å². The van der Waals surface area contributed by atoms with Gasteiger partial charge in [0.05, 0.1) is 11.1 Å². The van der Waals surface area contributed by atoms with E-state index in [2.05, 4.69) is 5.16 Å². The number of rotatable bonds is 5. The lowest BCUT2D eigenvalue weighted by Gasteiger charge is -2.00. The SMILES string of the molecule is O=[N+]([O-])c1cccc(CO/N=C\c2ccccc2Cl)c1. The molecule has 2 aromatic rings. The van der Waals surface area contributed by atoms with Crippen LogP contribution in [0.15, 0.2) is 53.7 Å². The molecule has 2 aromatic carbocycles. The van der Waals surface area contributed by atoms with Crippen LogP contribution in [0.3, 0.4) is 0 Å². The van der Waals surface area contributed by atoms with E-state index in [9.17, 15) is 10.1 Å². The van der Waals surface area contributed by atoms with Gasteiger partial charge < -0.3 is 4.84 Å². The van der Waals surface area contributed by atoms with Crippen molar-refractivity contribution < 1.29 is 9.76 Å². The molecule has 0 N–H and O–H groups in total. The Morgan fingerprint density at radius 2 is 2.05 bits per heavy atom. The molecule has 0 spiro atoms. The zero-order valence-electron chi connectivity index (χ0n) is 10.4. The molecular weight excluding hydrogens is 280 g/mol. The average Bonchev–Trinajstić information content (AvgIpc) is 2.45. The number of non-ortho nitro benzene ring substituents is 1. The molecule has 6 heteroatoms. The van der Waals surface area contributed by atoms with Crippen LogP contribution < -0.4 is 0 Å². The van der Waals surface area contributed by atoms with Gasteiger partial charge in [-0.25, -0.2) is 0 Å². The van der Waals surface area contributed by atoms with Crippen LogP contribution in [-0.4, -0.2) is 11.1 Å². The Kier molecular flexibility index (Phi) is 4.68. The second-order valence-electron chi connectivity index (χ2n) is 3.96. The maximum atomic E-state index is 10.6.